The van der Waals surface area contributed by atoms with Gasteiger partial charge in [0.05, 0.1) is 24.7 Å². The van der Waals surface area contributed by atoms with Gasteiger partial charge in [-0.2, -0.15) is 0 Å². The highest BCUT2D eigenvalue weighted by molar-refractivity contribution is 8.00. The number of aromatic amines is 1. The van der Waals surface area contributed by atoms with Crippen LogP contribution in [0.2, 0.25) is 0 Å². The van der Waals surface area contributed by atoms with Crippen LogP contribution in [0.4, 0.5) is 4.39 Å². The summed E-state index contributed by atoms with van der Waals surface area (Å²) in [6.45, 7) is 1.29. The van der Waals surface area contributed by atoms with Crippen molar-refractivity contribution in [2.45, 2.75) is 24.0 Å². The fraction of sp³-hybridized carbons (Fsp3) is 0.304. The van der Waals surface area contributed by atoms with Crippen LogP contribution in [0, 0.1) is 5.82 Å². The molecule has 8 heteroatoms. The Kier molecular flexibility index (Phi) is 6.89. The number of methoxy groups -OCH3 is 1. The van der Waals surface area contributed by atoms with Gasteiger partial charge in [0, 0.05) is 24.3 Å². The molecule has 1 aliphatic heterocycles. The first-order chi connectivity index (χ1) is 15.1. The van der Waals surface area contributed by atoms with Gasteiger partial charge in [0.1, 0.15) is 22.4 Å². The summed E-state index contributed by atoms with van der Waals surface area (Å²) in [5.74, 6) is 1.22. The summed E-state index contributed by atoms with van der Waals surface area (Å²) >= 11 is 1.34. The second kappa shape index (κ2) is 9.98. The van der Waals surface area contributed by atoms with Crippen LogP contribution in [0.5, 0.6) is 5.75 Å². The van der Waals surface area contributed by atoms with Gasteiger partial charge in [-0.3, -0.25) is 4.79 Å². The maximum atomic E-state index is 13.4. The van der Waals surface area contributed by atoms with Gasteiger partial charge in [0.25, 0.3) is 0 Å². The fourth-order valence-corrected chi connectivity index (χ4v) is 4.24. The maximum Gasteiger partial charge on any atom is 0.230 e. The van der Waals surface area contributed by atoms with Crippen molar-refractivity contribution in [3.05, 3.63) is 54.3 Å². The molecule has 2 aromatic carbocycles. The Hall–Kier alpha value is -2.84. The molecule has 0 aliphatic carbocycles. The molecule has 0 bridgehead atoms. The number of H-pyrrole nitrogens is 1. The minimum Gasteiger partial charge on any atom is -0.497 e. The lowest BCUT2D eigenvalue weighted by Crippen LogP contribution is -2.32. The van der Waals surface area contributed by atoms with Crippen molar-refractivity contribution < 1.29 is 18.7 Å². The van der Waals surface area contributed by atoms with Crippen molar-refractivity contribution >= 4 is 17.7 Å². The van der Waals surface area contributed by atoms with Crippen LogP contribution >= 0.6 is 11.8 Å². The lowest BCUT2D eigenvalue weighted by Gasteiger charge is -2.10. The quantitative estimate of drug-likeness (QED) is 0.511. The van der Waals surface area contributed by atoms with Gasteiger partial charge in [-0.05, 0) is 49.2 Å². The Morgan fingerprint density at radius 2 is 2.13 bits per heavy atom. The van der Waals surface area contributed by atoms with Crippen LogP contribution in [0.1, 0.15) is 12.8 Å². The number of amides is 1. The molecule has 2 N–H and O–H groups in total. The fourth-order valence-electron chi connectivity index (χ4n) is 3.40. The molecule has 1 aromatic heterocycles. The smallest absolute Gasteiger partial charge is 0.230 e. The number of carbonyl (C=O) groups excluding carboxylic acids is 1. The van der Waals surface area contributed by atoms with E-state index in [9.17, 15) is 9.18 Å². The third-order valence-electron chi connectivity index (χ3n) is 5.04. The summed E-state index contributed by atoms with van der Waals surface area (Å²) in [7, 11) is 1.61. The van der Waals surface area contributed by atoms with Crippen molar-refractivity contribution in [1.29, 1.82) is 0 Å². The number of rotatable bonds is 8. The van der Waals surface area contributed by atoms with E-state index in [1.165, 1.54) is 23.9 Å². The summed E-state index contributed by atoms with van der Waals surface area (Å²) < 4.78 is 24.3. The molecular formula is C23H24FN3O3S. The van der Waals surface area contributed by atoms with Gasteiger partial charge in [-0.25, -0.2) is 9.37 Å². The number of hydrogen-bond donors (Lipinski definition) is 2. The number of thioether (sulfide) groups is 1. The van der Waals surface area contributed by atoms with Gasteiger partial charge in [-0.15, -0.1) is 0 Å². The number of nitrogens with zero attached hydrogens (tertiary/aromatic N) is 1. The Morgan fingerprint density at radius 1 is 1.29 bits per heavy atom. The van der Waals surface area contributed by atoms with E-state index in [4.69, 9.17) is 14.5 Å². The second-order valence-corrected chi connectivity index (χ2v) is 8.20. The molecule has 31 heavy (non-hydrogen) atoms. The molecule has 162 valence electrons. The maximum absolute atomic E-state index is 13.4. The zero-order valence-corrected chi connectivity index (χ0v) is 18.0. The van der Waals surface area contributed by atoms with Gasteiger partial charge < -0.3 is 19.8 Å². The number of benzene rings is 2. The minimum absolute atomic E-state index is 0.0727. The first-order valence-electron chi connectivity index (χ1n) is 10.1. The highest BCUT2D eigenvalue weighted by Crippen LogP contribution is 2.33. The van der Waals surface area contributed by atoms with E-state index in [2.05, 4.69) is 10.3 Å². The van der Waals surface area contributed by atoms with Crippen molar-refractivity contribution in [3.8, 4) is 28.4 Å². The highest BCUT2D eigenvalue weighted by Gasteiger charge is 2.18. The Bertz CT molecular complexity index is 1030. The summed E-state index contributed by atoms with van der Waals surface area (Å²) in [6, 6.07) is 13.8. The molecule has 0 spiro atoms. The Morgan fingerprint density at radius 3 is 2.87 bits per heavy atom. The summed E-state index contributed by atoms with van der Waals surface area (Å²) in [5, 5.41) is 3.60. The van der Waals surface area contributed by atoms with Crippen LogP contribution in [0.3, 0.4) is 0 Å². The normalized spacial score (nSPS) is 15.7. The number of halogens is 1. The predicted octanol–water partition coefficient (Wildman–Crippen LogP) is 4.28. The van der Waals surface area contributed by atoms with Crippen molar-refractivity contribution in [2.24, 2.45) is 0 Å². The van der Waals surface area contributed by atoms with Crippen molar-refractivity contribution in [3.63, 3.8) is 0 Å². The number of aromatic nitrogens is 2. The van der Waals surface area contributed by atoms with Crippen LogP contribution in [-0.2, 0) is 9.53 Å². The average molecular weight is 442 g/mol. The molecule has 1 saturated heterocycles. The van der Waals surface area contributed by atoms with Gasteiger partial charge in [0.15, 0.2) is 0 Å². The number of ether oxygens (including phenoxy) is 2. The first-order valence-corrected chi connectivity index (χ1v) is 11.1. The molecular weight excluding hydrogens is 417 g/mol. The SMILES string of the molecule is COc1cccc(-c2nc(SCC(=O)NC[C@H]3CCCO3)c(-c3ccc(F)cc3)[nH]2)c1. The molecule has 3 aromatic rings. The third kappa shape index (κ3) is 5.45. The number of imidazole rings is 1. The predicted molar refractivity (Wildman–Crippen MR) is 119 cm³/mol. The first kappa shape index (κ1) is 21.4. The minimum atomic E-state index is -0.306. The molecule has 1 amide bonds. The van der Waals surface area contributed by atoms with E-state index >= 15 is 0 Å². The summed E-state index contributed by atoms with van der Waals surface area (Å²) in [5.41, 5.74) is 2.40. The zero-order valence-electron chi connectivity index (χ0n) is 17.2. The number of hydrogen-bond acceptors (Lipinski definition) is 5. The molecule has 2 heterocycles. The van der Waals surface area contributed by atoms with Gasteiger partial charge in [-0.1, -0.05) is 23.9 Å². The topological polar surface area (TPSA) is 76.2 Å². The number of nitrogens with one attached hydrogen (secondary N) is 2. The van der Waals surface area contributed by atoms with Crippen LogP contribution in [-0.4, -0.2) is 48.0 Å². The largest absolute Gasteiger partial charge is 0.497 e. The molecule has 6 nitrogen and oxygen atoms in total. The van der Waals surface area contributed by atoms with Crippen LogP contribution < -0.4 is 10.1 Å². The molecule has 0 unspecified atom stereocenters. The van der Waals surface area contributed by atoms with Crippen molar-refractivity contribution in [1.82, 2.24) is 15.3 Å². The highest BCUT2D eigenvalue weighted by atomic mass is 32.2. The zero-order chi connectivity index (χ0) is 21.6. The van der Waals surface area contributed by atoms with E-state index < -0.39 is 0 Å². The summed E-state index contributed by atoms with van der Waals surface area (Å²) in [4.78, 5) is 20.4. The van der Waals surface area contributed by atoms with E-state index in [0.717, 1.165) is 42.0 Å². The standard InChI is InChI=1S/C23H24FN3O3S/c1-29-18-5-2-4-16(12-18)22-26-21(15-7-9-17(24)10-8-15)23(27-22)31-14-20(28)25-13-19-6-3-11-30-19/h2,4-5,7-10,12,19H,3,6,11,13-14H2,1H3,(H,25,28)(H,26,27)/t19-/m1/s1. The van der Waals surface area contributed by atoms with E-state index in [1.807, 2.05) is 24.3 Å². The molecule has 1 fully saturated rings. The van der Waals surface area contributed by atoms with Crippen LogP contribution in [0.15, 0.2) is 53.6 Å². The van der Waals surface area contributed by atoms with E-state index in [1.54, 1.807) is 19.2 Å². The van der Waals surface area contributed by atoms with Gasteiger partial charge in [0.2, 0.25) is 5.91 Å². The lowest BCUT2D eigenvalue weighted by molar-refractivity contribution is -0.119. The molecule has 1 atom stereocenters. The van der Waals surface area contributed by atoms with E-state index in [0.29, 0.717) is 17.4 Å². The average Bonchev–Trinajstić information content (AvgIpc) is 3.47. The summed E-state index contributed by atoms with van der Waals surface area (Å²) in [6.07, 6.45) is 2.12. The molecule has 0 saturated carbocycles. The third-order valence-corrected chi connectivity index (χ3v) is 6.01. The monoisotopic (exact) mass is 441 g/mol. The Labute approximate surface area is 184 Å². The van der Waals surface area contributed by atoms with Crippen LogP contribution in [0.25, 0.3) is 22.6 Å². The van der Waals surface area contributed by atoms with Crippen molar-refractivity contribution in [2.75, 3.05) is 26.0 Å². The van der Waals surface area contributed by atoms with Gasteiger partial charge >= 0.3 is 0 Å². The lowest BCUT2D eigenvalue weighted by atomic mass is 10.1. The molecule has 1 aliphatic rings. The van der Waals surface area contributed by atoms with E-state index in [-0.39, 0.29) is 23.6 Å². The molecule has 4 rings (SSSR count). The molecule has 0 radical (unpaired) electrons. The number of carbonyl (C=O) groups is 1. The second-order valence-electron chi connectivity index (χ2n) is 7.23. The Balaban J connectivity index is 1.53.